The van der Waals surface area contributed by atoms with Crippen molar-refractivity contribution < 1.29 is 14.7 Å². The van der Waals surface area contributed by atoms with E-state index in [9.17, 15) is 9.59 Å². The van der Waals surface area contributed by atoms with Gasteiger partial charge < -0.3 is 10.0 Å². The van der Waals surface area contributed by atoms with Crippen molar-refractivity contribution in [2.75, 3.05) is 25.0 Å². The van der Waals surface area contributed by atoms with Gasteiger partial charge in [0.1, 0.15) is 5.75 Å². The fourth-order valence-corrected chi connectivity index (χ4v) is 1.58. The van der Waals surface area contributed by atoms with Gasteiger partial charge in [-0.2, -0.15) is 0 Å². The molecular weight excluding hydrogens is 208 g/mol. The van der Waals surface area contributed by atoms with E-state index in [4.69, 9.17) is 5.11 Å². The fourth-order valence-electron chi connectivity index (χ4n) is 1.58. The summed E-state index contributed by atoms with van der Waals surface area (Å²) < 4.78 is 0. The van der Waals surface area contributed by atoms with E-state index in [1.165, 1.54) is 19.2 Å². The minimum Gasteiger partial charge on any atom is -0.508 e. The predicted molar refractivity (Wildman–Crippen MR) is 58.1 cm³/mol. The number of hydrogen-bond acceptors (Lipinski definition) is 4. The summed E-state index contributed by atoms with van der Waals surface area (Å²) in [5.41, 5.74) is 0.757. The van der Waals surface area contributed by atoms with Crippen LogP contribution >= 0.6 is 0 Å². The van der Waals surface area contributed by atoms with Crippen molar-refractivity contribution >= 4 is 17.5 Å². The van der Waals surface area contributed by atoms with E-state index in [2.05, 4.69) is 0 Å². The molecule has 0 aliphatic carbocycles. The summed E-state index contributed by atoms with van der Waals surface area (Å²) in [7, 11) is 1.48. The zero-order valence-corrected chi connectivity index (χ0v) is 8.88. The Bertz CT molecular complexity index is 409. The Kier molecular flexibility index (Phi) is 2.52. The van der Waals surface area contributed by atoms with Crippen LogP contribution in [0.4, 0.5) is 5.69 Å². The Morgan fingerprint density at radius 3 is 2.06 bits per heavy atom. The molecule has 1 fully saturated rings. The number of benzene rings is 1. The number of hydrogen-bond donors (Lipinski definition) is 1. The maximum atomic E-state index is 11.5. The zero-order valence-electron chi connectivity index (χ0n) is 8.88. The molecule has 16 heavy (non-hydrogen) atoms. The van der Waals surface area contributed by atoms with Crippen LogP contribution in [0.3, 0.4) is 0 Å². The number of imide groups is 1. The number of anilines is 1. The molecule has 0 radical (unpaired) electrons. The minimum atomic E-state index is -0.218. The van der Waals surface area contributed by atoms with Crippen LogP contribution in [0.25, 0.3) is 0 Å². The molecular formula is C11H12N2O3. The standard InChI is InChI=1S/C11H12N2O3/c1-12-10(15)6-13(7-11(12)16)8-2-4-9(14)5-3-8/h2-5,14H,6-7H2,1H3. The molecule has 1 aliphatic heterocycles. The average Bonchev–Trinajstić information content (AvgIpc) is 2.26. The normalized spacial score (nSPS) is 16.8. The maximum absolute atomic E-state index is 11.5. The van der Waals surface area contributed by atoms with Crippen LogP contribution in [0.2, 0.25) is 0 Å². The van der Waals surface area contributed by atoms with Gasteiger partial charge in [-0.05, 0) is 24.3 Å². The Morgan fingerprint density at radius 1 is 1.06 bits per heavy atom. The summed E-state index contributed by atoms with van der Waals surface area (Å²) in [4.78, 5) is 25.8. The highest BCUT2D eigenvalue weighted by atomic mass is 16.3. The lowest BCUT2D eigenvalue weighted by atomic mass is 10.2. The molecule has 1 aromatic carbocycles. The molecule has 1 N–H and O–H groups in total. The monoisotopic (exact) mass is 220 g/mol. The van der Waals surface area contributed by atoms with Gasteiger partial charge in [-0.15, -0.1) is 0 Å². The molecule has 1 heterocycles. The number of carbonyl (C=O) groups excluding carboxylic acids is 2. The van der Waals surface area contributed by atoms with Crippen LogP contribution in [0.15, 0.2) is 24.3 Å². The lowest BCUT2D eigenvalue weighted by molar-refractivity contribution is -0.143. The van der Waals surface area contributed by atoms with Gasteiger partial charge in [0, 0.05) is 12.7 Å². The number of rotatable bonds is 1. The number of piperazine rings is 1. The molecule has 5 heteroatoms. The molecule has 0 bridgehead atoms. The van der Waals surface area contributed by atoms with Gasteiger partial charge in [-0.1, -0.05) is 0 Å². The highest BCUT2D eigenvalue weighted by molar-refractivity contribution is 6.02. The van der Waals surface area contributed by atoms with Gasteiger partial charge in [0.05, 0.1) is 13.1 Å². The third kappa shape index (κ3) is 1.84. The van der Waals surface area contributed by atoms with E-state index in [1.54, 1.807) is 17.0 Å². The number of likely N-dealkylation sites (N-methyl/N-ethyl adjacent to an activating group) is 1. The maximum Gasteiger partial charge on any atom is 0.248 e. The summed E-state index contributed by atoms with van der Waals surface area (Å²) in [6.07, 6.45) is 0. The molecule has 1 aliphatic rings. The van der Waals surface area contributed by atoms with Crippen LogP contribution in [-0.4, -0.2) is 42.0 Å². The van der Waals surface area contributed by atoms with Crippen molar-refractivity contribution in [3.63, 3.8) is 0 Å². The first kappa shape index (κ1) is 10.5. The van der Waals surface area contributed by atoms with Gasteiger partial charge in [0.15, 0.2) is 0 Å². The van der Waals surface area contributed by atoms with Crippen LogP contribution in [0, 0.1) is 0 Å². The number of carbonyl (C=O) groups is 2. The molecule has 2 amide bonds. The van der Waals surface area contributed by atoms with Gasteiger partial charge >= 0.3 is 0 Å². The second-order valence-corrected chi connectivity index (χ2v) is 3.72. The Labute approximate surface area is 92.9 Å². The number of phenolic OH excluding ortho intramolecular Hbond substituents is 1. The first-order chi connectivity index (χ1) is 7.58. The summed E-state index contributed by atoms with van der Waals surface area (Å²) in [6, 6.07) is 6.42. The smallest absolute Gasteiger partial charge is 0.248 e. The molecule has 0 saturated carbocycles. The molecule has 2 rings (SSSR count). The van der Waals surface area contributed by atoms with E-state index < -0.39 is 0 Å². The van der Waals surface area contributed by atoms with Crippen LogP contribution < -0.4 is 4.90 Å². The number of aromatic hydroxyl groups is 1. The fraction of sp³-hybridized carbons (Fsp3) is 0.273. The predicted octanol–water partition coefficient (Wildman–Crippen LogP) is 0.197. The largest absolute Gasteiger partial charge is 0.508 e. The highest BCUT2D eigenvalue weighted by Crippen LogP contribution is 2.19. The average molecular weight is 220 g/mol. The van der Waals surface area contributed by atoms with Gasteiger partial charge in [-0.3, -0.25) is 14.5 Å². The molecule has 5 nitrogen and oxygen atoms in total. The summed E-state index contributed by atoms with van der Waals surface area (Å²) >= 11 is 0. The summed E-state index contributed by atoms with van der Waals surface area (Å²) in [5.74, 6) is -0.274. The lowest BCUT2D eigenvalue weighted by Crippen LogP contribution is -2.52. The third-order valence-electron chi connectivity index (χ3n) is 2.62. The van der Waals surface area contributed by atoms with Gasteiger partial charge in [0.2, 0.25) is 11.8 Å². The first-order valence-electron chi connectivity index (χ1n) is 4.91. The van der Waals surface area contributed by atoms with Crippen molar-refractivity contribution in [2.24, 2.45) is 0 Å². The molecule has 84 valence electrons. The van der Waals surface area contributed by atoms with Crippen molar-refractivity contribution in [1.82, 2.24) is 4.90 Å². The summed E-state index contributed by atoms with van der Waals surface area (Å²) in [6.45, 7) is 0.375. The van der Waals surface area contributed by atoms with Crippen molar-refractivity contribution in [3.8, 4) is 5.75 Å². The molecule has 0 aromatic heterocycles. The highest BCUT2D eigenvalue weighted by Gasteiger charge is 2.27. The Morgan fingerprint density at radius 2 is 1.56 bits per heavy atom. The third-order valence-corrected chi connectivity index (χ3v) is 2.62. The van der Waals surface area contributed by atoms with E-state index >= 15 is 0 Å². The first-order valence-corrected chi connectivity index (χ1v) is 4.91. The number of phenols is 1. The van der Waals surface area contributed by atoms with E-state index in [0.717, 1.165) is 10.6 Å². The van der Waals surface area contributed by atoms with Crippen LogP contribution in [0.5, 0.6) is 5.75 Å². The van der Waals surface area contributed by atoms with Crippen molar-refractivity contribution in [2.45, 2.75) is 0 Å². The number of amides is 2. The van der Waals surface area contributed by atoms with E-state index in [-0.39, 0.29) is 30.7 Å². The Balaban J connectivity index is 2.20. The zero-order chi connectivity index (χ0) is 11.7. The van der Waals surface area contributed by atoms with Crippen LogP contribution in [0.1, 0.15) is 0 Å². The summed E-state index contributed by atoms with van der Waals surface area (Å²) in [5, 5.41) is 9.14. The van der Waals surface area contributed by atoms with E-state index in [1.807, 2.05) is 0 Å². The second-order valence-electron chi connectivity index (χ2n) is 3.72. The second kappa shape index (κ2) is 3.84. The van der Waals surface area contributed by atoms with Gasteiger partial charge in [-0.25, -0.2) is 0 Å². The van der Waals surface area contributed by atoms with Crippen LogP contribution in [-0.2, 0) is 9.59 Å². The number of nitrogens with zero attached hydrogens (tertiary/aromatic N) is 2. The van der Waals surface area contributed by atoms with Gasteiger partial charge in [0.25, 0.3) is 0 Å². The Hall–Kier alpha value is -2.04. The van der Waals surface area contributed by atoms with E-state index in [0.29, 0.717) is 0 Å². The molecule has 1 saturated heterocycles. The SMILES string of the molecule is CN1C(=O)CN(c2ccc(O)cc2)CC1=O. The van der Waals surface area contributed by atoms with Crippen molar-refractivity contribution in [3.05, 3.63) is 24.3 Å². The molecule has 0 unspecified atom stereocenters. The lowest BCUT2D eigenvalue weighted by Gasteiger charge is -2.31. The van der Waals surface area contributed by atoms with Crippen molar-refractivity contribution in [1.29, 1.82) is 0 Å². The molecule has 0 spiro atoms. The minimum absolute atomic E-state index is 0.163. The molecule has 1 aromatic rings. The quantitative estimate of drug-likeness (QED) is 0.687. The topological polar surface area (TPSA) is 60.9 Å². The molecule has 0 atom stereocenters.